The third-order valence-corrected chi connectivity index (χ3v) is 9.04. The number of hydrogen-bond donors (Lipinski definition) is 1. The van der Waals surface area contributed by atoms with Crippen LogP contribution in [0.4, 0.5) is 0 Å². The molecule has 0 fully saturated rings. The topological polar surface area (TPSA) is 22.3 Å². The van der Waals surface area contributed by atoms with Crippen LogP contribution in [-0.2, 0) is 12.8 Å². The first-order chi connectivity index (χ1) is 18.4. The lowest BCUT2D eigenvalue weighted by molar-refractivity contribution is 0.297. The van der Waals surface area contributed by atoms with Gasteiger partial charge in [0.1, 0.15) is 0 Å². The van der Waals surface area contributed by atoms with E-state index < -0.39 is 0 Å². The first-order valence-electron chi connectivity index (χ1n) is 14.0. The van der Waals surface area contributed by atoms with E-state index in [0.717, 1.165) is 25.9 Å². The van der Waals surface area contributed by atoms with Crippen LogP contribution in [0.3, 0.4) is 0 Å². The van der Waals surface area contributed by atoms with Crippen LogP contribution in [0.15, 0.2) is 72.5 Å². The summed E-state index contributed by atoms with van der Waals surface area (Å²) >= 11 is 0. The maximum Gasteiger partial charge on any atom is 0.0732 e. The number of aromatic amines is 1. The average molecular weight is 502 g/mol. The molecule has 0 amide bonds. The minimum absolute atomic E-state index is 0.317. The largest absolute Gasteiger partial charge is 0.367 e. The molecule has 194 valence electrons. The number of hydrogen-bond acceptors (Lipinski definition) is 2. The van der Waals surface area contributed by atoms with Crippen molar-refractivity contribution >= 4 is 23.1 Å². The van der Waals surface area contributed by atoms with Crippen LogP contribution in [0.2, 0.25) is 0 Å². The number of fused-ring (bicyclic) bond motifs is 6. The molecule has 3 aromatic rings. The Morgan fingerprint density at radius 1 is 0.921 bits per heavy atom. The molecule has 2 unspecified atom stereocenters. The first kappa shape index (κ1) is 24.8. The van der Waals surface area contributed by atoms with Crippen LogP contribution in [0.25, 0.3) is 23.1 Å². The summed E-state index contributed by atoms with van der Waals surface area (Å²) in [6, 6.07) is 9.24. The first-order valence-corrected chi connectivity index (χ1v) is 14.0. The van der Waals surface area contributed by atoms with E-state index in [9.17, 15) is 0 Å². The molecule has 3 nitrogen and oxygen atoms in total. The van der Waals surface area contributed by atoms with Gasteiger partial charge < -0.3 is 9.88 Å². The number of para-hydroxylation sites is 1. The Balaban J connectivity index is 1.48. The van der Waals surface area contributed by atoms with Crippen molar-refractivity contribution < 1.29 is 0 Å². The van der Waals surface area contributed by atoms with Gasteiger partial charge in [-0.15, -0.1) is 0 Å². The van der Waals surface area contributed by atoms with Crippen molar-refractivity contribution in [1.82, 2.24) is 14.8 Å². The predicted octanol–water partition coefficient (Wildman–Crippen LogP) is 7.61. The van der Waals surface area contributed by atoms with E-state index in [-0.39, 0.29) is 0 Å². The minimum atomic E-state index is 0.317. The smallest absolute Gasteiger partial charge is 0.0732 e. The highest BCUT2D eigenvalue weighted by Crippen LogP contribution is 2.41. The molecular weight excluding hydrogens is 462 g/mol. The molecule has 1 aromatic heterocycles. The Labute approximate surface area is 227 Å². The van der Waals surface area contributed by atoms with E-state index in [0.29, 0.717) is 12.1 Å². The van der Waals surface area contributed by atoms with Gasteiger partial charge in [-0.3, -0.25) is 4.90 Å². The van der Waals surface area contributed by atoms with Gasteiger partial charge in [-0.1, -0.05) is 60.7 Å². The highest BCUT2D eigenvalue weighted by molar-refractivity contribution is 5.90. The van der Waals surface area contributed by atoms with E-state index in [1.54, 1.807) is 5.56 Å². The molecule has 2 atom stereocenters. The second-order valence-electron chi connectivity index (χ2n) is 11.2. The maximum absolute atomic E-state index is 3.54. The molecule has 0 radical (unpaired) electrons. The molecule has 1 N–H and O–H groups in total. The number of aromatic nitrogens is 1. The standard InChI is InChI=1S/C35H39N3/c1-23-22-27(13-15-30-26(4)36-33-11-7-6-10-31(30)33)14-16-32-28(17-20-37(23)5)24(2)25(3)29-18-21-38-19-9-8-12-34(38)35(29)32/h6-16,19,22-23,34,36H,17-18,20-21H2,1-5H3/b15-13+,16-14-,27-22?. The predicted molar refractivity (Wildman–Crippen MR) is 162 cm³/mol. The summed E-state index contributed by atoms with van der Waals surface area (Å²) in [7, 11) is 2.26. The summed E-state index contributed by atoms with van der Waals surface area (Å²) in [5.41, 5.74) is 13.9. The molecule has 0 saturated carbocycles. The number of allylic oxidation sites excluding steroid dienone is 5. The van der Waals surface area contributed by atoms with Crippen LogP contribution >= 0.6 is 0 Å². The van der Waals surface area contributed by atoms with E-state index in [4.69, 9.17) is 0 Å². The van der Waals surface area contributed by atoms with E-state index in [1.807, 2.05) is 0 Å². The van der Waals surface area contributed by atoms with Gasteiger partial charge in [0.25, 0.3) is 0 Å². The molecule has 6 rings (SSSR count). The van der Waals surface area contributed by atoms with Gasteiger partial charge in [0.05, 0.1) is 6.04 Å². The van der Waals surface area contributed by atoms with Crippen molar-refractivity contribution in [2.45, 2.75) is 52.6 Å². The summed E-state index contributed by atoms with van der Waals surface area (Å²) in [5.74, 6) is 0. The summed E-state index contributed by atoms with van der Waals surface area (Å²) in [5, 5.41) is 1.28. The molecule has 0 saturated heterocycles. The van der Waals surface area contributed by atoms with Crippen LogP contribution in [0.5, 0.6) is 0 Å². The molecular formula is C35H39N3. The van der Waals surface area contributed by atoms with Crippen molar-refractivity contribution in [2.75, 3.05) is 20.1 Å². The minimum Gasteiger partial charge on any atom is -0.367 e. The van der Waals surface area contributed by atoms with Gasteiger partial charge in [0, 0.05) is 41.3 Å². The quantitative estimate of drug-likeness (QED) is 0.390. The number of nitrogens with zero attached hydrogens (tertiary/aromatic N) is 2. The lowest BCUT2D eigenvalue weighted by atomic mass is 9.79. The zero-order valence-electron chi connectivity index (χ0n) is 23.4. The van der Waals surface area contributed by atoms with Crippen LogP contribution in [-0.4, -0.2) is 41.0 Å². The number of benzene rings is 2. The molecule has 0 spiro atoms. The number of rotatable bonds is 2. The number of likely N-dealkylation sites (N-methyl/N-ethyl adjacent to an activating group) is 1. The molecule has 3 heteroatoms. The van der Waals surface area contributed by atoms with Gasteiger partial charge in [0.15, 0.2) is 0 Å². The second-order valence-corrected chi connectivity index (χ2v) is 11.2. The fourth-order valence-corrected chi connectivity index (χ4v) is 6.54. The molecule has 2 aromatic carbocycles. The monoisotopic (exact) mass is 501 g/mol. The van der Waals surface area contributed by atoms with Crippen LogP contribution in [0.1, 0.15) is 57.6 Å². The van der Waals surface area contributed by atoms with Gasteiger partial charge in [-0.25, -0.2) is 0 Å². The van der Waals surface area contributed by atoms with Gasteiger partial charge >= 0.3 is 0 Å². The SMILES string of the molecule is Cc1[nH]c2ccccc2c1/C=C/C1=CC(C)N(C)CCc2c(C)c(C)c3c(c2/C=C\1)C1C=CC=CN1CC3. The molecule has 4 heterocycles. The molecule has 0 bridgehead atoms. The van der Waals surface area contributed by atoms with E-state index >= 15 is 0 Å². The lowest BCUT2D eigenvalue weighted by Gasteiger charge is -2.39. The van der Waals surface area contributed by atoms with Crippen molar-refractivity contribution in [1.29, 1.82) is 0 Å². The van der Waals surface area contributed by atoms with Gasteiger partial charge in [0.2, 0.25) is 0 Å². The summed E-state index contributed by atoms with van der Waals surface area (Å²) in [4.78, 5) is 8.54. The van der Waals surface area contributed by atoms with E-state index in [2.05, 4.69) is 129 Å². The number of H-pyrrole nitrogens is 1. The van der Waals surface area contributed by atoms with Crippen molar-refractivity contribution in [3.05, 3.63) is 117 Å². The summed E-state index contributed by atoms with van der Waals surface area (Å²) in [6.45, 7) is 11.3. The Hall–Kier alpha value is -3.56. The Kier molecular flexibility index (Phi) is 6.49. The van der Waals surface area contributed by atoms with Crippen LogP contribution in [0, 0.1) is 20.8 Å². The van der Waals surface area contributed by atoms with Gasteiger partial charge in [-0.05, 0) is 105 Å². The van der Waals surface area contributed by atoms with Crippen molar-refractivity contribution in [3.63, 3.8) is 0 Å². The molecule has 0 aliphatic carbocycles. The molecule has 3 aliphatic rings. The third kappa shape index (κ3) is 4.29. The van der Waals surface area contributed by atoms with Crippen molar-refractivity contribution in [2.24, 2.45) is 0 Å². The highest BCUT2D eigenvalue weighted by atomic mass is 15.1. The number of aryl methyl sites for hydroxylation is 1. The second kappa shape index (κ2) is 9.96. The summed E-state index contributed by atoms with van der Waals surface area (Å²) in [6.07, 6.45) is 23.0. The van der Waals surface area contributed by atoms with Gasteiger partial charge in [-0.2, -0.15) is 0 Å². The Bertz CT molecular complexity index is 1540. The highest BCUT2D eigenvalue weighted by Gasteiger charge is 2.30. The normalized spacial score (nSPS) is 22.3. The molecule has 3 aliphatic heterocycles. The van der Waals surface area contributed by atoms with E-state index in [1.165, 1.54) is 55.6 Å². The fourth-order valence-electron chi connectivity index (χ4n) is 6.54. The van der Waals surface area contributed by atoms with Crippen molar-refractivity contribution in [3.8, 4) is 0 Å². The average Bonchev–Trinajstić information content (AvgIpc) is 3.25. The zero-order chi connectivity index (χ0) is 26.4. The summed E-state index contributed by atoms with van der Waals surface area (Å²) < 4.78 is 0. The third-order valence-electron chi connectivity index (χ3n) is 9.04. The molecule has 38 heavy (non-hydrogen) atoms. The zero-order valence-corrected chi connectivity index (χ0v) is 23.4. The fraction of sp³-hybridized carbons (Fsp3) is 0.314. The maximum atomic E-state index is 3.54. The number of nitrogens with one attached hydrogen (secondary N) is 1. The Morgan fingerprint density at radius 3 is 2.58 bits per heavy atom. The Morgan fingerprint density at radius 2 is 1.71 bits per heavy atom. The van der Waals surface area contributed by atoms with Crippen LogP contribution < -0.4 is 0 Å². The lowest BCUT2D eigenvalue weighted by Crippen LogP contribution is -2.34.